The number of anilines is 2. The summed E-state index contributed by atoms with van der Waals surface area (Å²) in [6.45, 7) is 3.62. The van der Waals surface area contributed by atoms with Crippen LogP contribution >= 0.6 is 0 Å². The Kier molecular flexibility index (Phi) is 4.92. The molecular weight excluding hydrogens is 404 g/mol. The molecule has 0 aliphatic heterocycles. The number of aromatic nitrogens is 4. The zero-order valence-electron chi connectivity index (χ0n) is 16.2. The SMILES string of the molecule is Cc1ccnc(NS(=O)(=O)c2ccc(NC(=O)c3ccn4cc(C)nc4c3)cc2)n1. The quantitative estimate of drug-likeness (QED) is 0.511. The number of nitrogens with zero attached hydrogens (tertiary/aromatic N) is 4. The van der Waals surface area contributed by atoms with Gasteiger partial charge in [-0.1, -0.05) is 0 Å². The molecule has 0 bridgehead atoms. The van der Waals surface area contributed by atoms with Crippen LogP contribution in [0.4, 0.5) is 11.6 Å². The number of fused-ring (bicyclic) bond motifs is 1. The smallest absolute Gasteiger partial charge is 0.264 e. The molecule has 152 valence electrons. The molecule has 30 heavy (non-hydrogen) atoms. The van der Waals surface area contributed by atoms with E-state index >= 15 is 0 Å². The summed E-state index contributed by atoms with van der Waals surface area (Å²) in [5.74, 6) is -0.322. The van der Waals surface area contributed by atoms with Gasteiger partial charge in [0.25, 0.3) is 15.9 Å². The number of rotatable bonds is 5. The fraction of sp³-hybridized carbons (Fsp3) is 0.100. The van der Waals surface area contributed by atoms with Crippen molar-refractivity contribution in [1.29, 1.82) is 0 Å². The normalized spacial score (nSPS) is 11.4. The third kappa shape index (κ3) is 4.13. The number of hydrogen-bond acceptors (Lipinski definition) is 6. The number of carbonyl (C=O) groups excluding carboxylic acids is 1. The molecule has 0 radical (unpaired) electrons. The molecule has 0 fully saturated rings. The van der Waals surface area contributed by atoms with Crippen LogP contribution in [0.25, 0.3) is 5.65 Å². The molecule has 3 aromatic heterocycles. The molecule has 0 unspecified atom stereocenters. The van der Waals surface area contributed by atoms with Crippen LogP contribution in [-0.4, -0.2) is 33.7 Å². The van der Waals surface area contributed by atoms with Gasteiger partial charge in [0.1, 0.15) is 5.65 Å². The Morgan fingerprint density at radius 2 is 1.77 bits per heavy atom. The first-order valence-corrected chi connectivity index (χ1v) is 10.5. The van der Waals surface area contributed by atoms with Gasteiger partial charge in [0, 0.05) is 35.5 Å². The van der Waals surface area contributed by atoms with Gasteiger partial charge in [-0.3, -0.25) is 4.79 Å². The maximum absolute atomic E-state index is 12.5. The molecule has 0 saturated carbocycles. The van der Waals surface area contributed by atoms with Gasteiger partial charge >= 0.3 is 0 Å². The van der Waals surface area contributed by atoms with E-state index in [0.29, 0.717) is 22.6 Å². The van der Waals surface area contributed by atoms with E-state index in [9.17, 15) is 13.2 Å². The predicted octanol–water partition coefficient (Wildman–Crippen LogP) is 2.79. The summed E-state index contributed by atoms with van der Waals surface area (Å²) in [5.41, 5.74) is 3.08. The molecule has 3 heterocycles. The van der Waals surface area contributed by atoms with Gasteiger partial charge in [-0.25, -0.2) is 28.1 Å². The summed E-state index contributed by atoms with van der Waals surface area (Å²) in [4.78, 5) is 24.8. The minimum Gasteiger partial charge on any atom is -0.322 e. The number of benzene rings is 1. The zero-order valence-corrected chi connectivity index (χ0v) is 17.0. The van der Waals surface area contributed by atoms with E-state index in [0.717, 1.165) is 5.69 Å². The second-order valence-corrected chi connectivity index (χ2v) is 8.35. The predicted molar refractivity (Wildman–Crippen MR) is 112 cm³/mol. The van der Waals surface area contributed by atoms with Crippen molar-refractivity contribution in [2.75, 3.05) is 10.0 Å². The number of imidazole rings is 1. The number of nitrogens with one attached hydrogen (secondary N) is 2. The van der Waals surface area contributed by atoms with Crippen molar-refractivity contribution < 1.29 is 13.2 Å². The Balaban J connectivity index is 1.49. The second-order valence-electron chi connectivity index (χ2n) is 6.67. The Morgan fingerprint density at radius 3 is 2.50 bits per heavy atom. The van der Waals surface area contributed by atoms with Crippen molar-refractivity contribution in [1.82, 2.24) is 19.4 Å². The number of hydrogen-bond donors (Lipinski definition) is 2. The lowest BCUT2D eigenvalue weighted by Gasteiger charge is -2.09. The third-order valence-electron chi connectivity index (χ3n) is 4.29. The summed E-state index contributed by atoms with van der Waals surface area (Å²) < 4.78 is 29.2. The third-order valence-corrected chi connectivity index (χ3v) is 5.63. The molecule has 4 rings (SSSR count). The molecule has 0 aliphatic carbocycles. The van der Waals surface area contributed by atoms with Crippen LogP contribution in [0.15, 0.2) is 66.0 Å². The highest BCUT2D eigenvalue weighted by Gasteiger charge is 2.16. The summed E-state index contributed by atoms with van der Waals surface area (Å²) in [6, 6.07) is 10.9. The topological polar surface area (TPSA) is 118 Å². The van der Waals surface area contributed by atoms with Crippen molar-refractivity contribution >= 4 is 33.2 Å². The average molecular weight is 422 g/mol. The van der Waals surface area contributed by atoms with E-state index in [1.54, 1.807) is 31.3 Å². The van der Waals surface area contributed by atoms with Crippen LogP contribution in [0.3, 0.4) is 0 Å². The molecular formula is C20H18N6O3S. The number of amides is 1. The molecule has 1 amide bonds. The van der Waals surface area contributed by atoms with E-state index in [1.165, 1.54) is 30.5 Å². The fourth-order valence-corrected chi connectivity index (χ4v) is 3.80. The van der Waals surface area contributed by atoms with Crippen LogP contribution in [0.2, 0.25) is 0 Å². The molecule has 1 aromatic carbocycles. The highest BCUT2D eigenvalue weighted by Crippen LogP contribution is 2.18. The molecule has 10 heteroatoms. The zero-order chi connectivity index (χ0) is 21.3. The minimum atomic E-state index is -3.85. The Morgan fingerprint density at radius 1 is 1.00 bits per heavy atom. The summed E-state index contributed by atoms with van der Waals surface area (Å²) in [5, 5.41) is 2.75. The minimum absolute atomic E-state index is 0.00278. The number of pyridine rings is 1. The Labute approximate surface area is 172 Å². The summed E-state index contributed by atoms with van der Waals surface area (Å²) in [6.07, 6.45) is 5.10. The van der Waals surface area contributed by atoms with Gasteiger partial charge in [-0.2, -0.15) is 0 Å². The van der Waals surface area contributed by atoms with E-state index in [4.69, 9.17) is 0 Å². The highest BCUT2D eigenvalue weighted by molar-refractivity contribution is 7.92. The number of aryl methyl sites for hydroxylation is 2. The first-order valence-electron chi connectivity index (χ1n) is 8.99. The fourth-order valence-electron chi connectivity index (χ4n) is 2.85. The molecule has 2 N–H and O–H groups in total. The molecule has 9 nitrogen and oxygen atoms in total. The number of sulfonamides is 1. The van der Waals surface area contributed by atoms with Crippen LogP contribution in [0.5, 0.6) is 0 Å². The summed E-state index contributed by atoms with van der Waals surface area (Å²) in [7, 11) is -3.85. The maximum atomic E-state index is 12.5. The average Bonchev–Trinajstić information content (AvgIpc) is 3.07. The van der Waals surface area contributed by atoms with Gasteiger partial charge < -0.3 is 9.72 Å². The Hall–Kier alpha value is -3.79. The van der Waals surface area contributed by atoms with Crippen LogP contribution in [0, 0.1) is 13.8 Å². The van der Waals surface area contributed by atoms with E-state index < -0.39 is 10.0 Å². The monoisotopic (exact) mass is 422 g/mol. The van der Waals surface area contributed by atoms with Crippen LogP contribution < -0.4 is 10.0 Å². The standard InChI is InChI=1S/C20H18N6O3S/c1-13-7-9-21-20(23-13)25-30(28,29)17-5-3-16(4-6-17)24-19(27)15-8-10-26-12-14(2)22-18(26)11-15/h3-12H,1-2H3,(H,24,27)(H,21,23,25). The molecule has 0 aliphatic rings. The van der Waals surface area contributed by atoms with Crippen molar-refractivity contribution in [3.05, 3.63) is 78.0 Å². The van der Waals surface area contributed by atoms with E-state index in [-0.39, 0.29) is 16.8 Å². The lowest BCUT2D eigenvalue weighted by Crippen LogP contribution is -2.16. The van der Waals surface area contributed by atoms with Gasteiger partial charge in [0.2, 0.25) is 5.95 Å². The van der Waals surface area contributed by atoms with Crippen molar-refractivity contribution in [3.63, 3.8) is 0 Å². The van der Waals surface area contributed by atoms with Gasteiger partial charge in [-0.15, -0.1) is 0 Å². The van der Waals surface area contributed by atoms with Gasteiger partial charge in [0.15, 0.2) is 0 Å². The van der Waals surface area contributed by atoms with Crippen LogP contribution in [0.1, 0.15) is 21.7 Å². The van der Waals surface area contributed by atoms with Gasteiger partial charge in [-0.05, 0) is 56.3 Å². The van der Waals surface area contributed by atoms with Crippen LogP contribution in [-0.2, 0) is 10.0 Å². The molecule has 0 atom stereocenters. The van der Waals surface area contributed by atoms with E-state index in [2.05, 4.69) is 25.0 Å². The Bertz CT molecular complexity index is 1350. The van der Waals surface area contributed by atoms with Crippen molar-refractivity contribution in [2.45, 2.75) is 18.7 Å². The van der Waals surface area contributed by atoms with Crippen molar-refractivity contribution in [2.24, 2.45) is 0 Å². The van der Waals surface area contributed by atoms with Crippen molar-refractivity contribution in [3.8, 4) is 0 Å². The molecule has 0 saturated heterocycles. The first kappa shape index (κ1) is 19.5. The maximum Gasteiger partial charge on any atom is 0.264 e. The largest absolute Gasteiger partial charge is 0.322 e. The van der Waals surface area contributed by atoms with E-state index in [1.807, 2.05) is 17.5 Å². The number of carbonyl (C=O) groups is 1. The van der Waals surface area contributed by atoms with Gasteiger partial charge in [0.05, 0.1) is 10.6 Å². The molecule has 4 aromatic rings. The lowest BCUT2D eigenvalue weighted by molar-refractivity contribution is 0.102. The second kappa shape index (κ2) is 7.56. The summed E-state index contributed by atoms with van der Waals surface area (Å²) >= 11 is 0. The first-order chi connectivity index (χ1) is 14.3. The highest BCUT2D eigenvalue weighted by atomic mass is 32.2. The molecule has 0 spiro atoms. The lowest BCUT2D eigenvalue weighted by atomic mass is 10.2.